The molecule has 1 aromatic heterocycles. The van der Waals surface area contributed by atoms with Gasteiger partial charge >= 0.3 is 17.9 Å². The van der Waals surface area contributed by atoms with Gasteiger partial charge in [0.1, 0.15) is 22.0 Å². The number of hydrogen-bond donors (Lipinski definition) is 1. The Hall–Kier alpha value is -3.53. The molecule has 10 heteroatoms. The van der Waals surface area contributed by atoms with Crippen molar-refractivity contribution in [2.24, 2.45) is 0 Å². The summed E-state index contributed by atoms with van der Waals surface area (Å²) in [6, 6.07) is 5.20. The highest BCUT2D eigenvalue weighted by atomic mass is 32.1. The van der Waals surface area contributed by atoms with E-state index in [4.69, 9.17) is 29.4 Å². The number of nitrogen functional groups attached to an aromatic ring is 1. The fourth-order valence-electron chi connectivity index (χ4n) is 2.58. The molecule has 0 radical (unpaired) electrons. The maximum Gasteiger partial charge on any atom is 0.348 e. The first kappa shape index (κ1) is 20.2. The van der Waals surface area contributed by atoms with Gasteiger partial charge in [0, 0.05) is 11.6 Å². The van der Waals surface area contributed by atoms with Gasteiger partial charge in [-0.25, -0.2) is 14.4 Å². The zero-order valence-corrected chi connectivity index (χ0v) is 16.4. The number of thiophene rings is 1. The van der Waals surface area contributed by atoms with Crippen molar-refractivity contribution >= 4 is 40.3 Å². The van der Waals surface area contributed by atoms with Gasteiger partial charge < -0.3 is 29.4 Å². The molecule has 0 spiro atoms. The van der Waals surface area contributed by atoms with Crippen LogP contribution < -0.4 is 15.2 Å². The van der Waals surface area contributed by atoms with Crippen LogP contribution in [-0.2, 0) is 25.6 Å². The molecule has 1 aliphatic rings. The van der Waals surface area contributed by atoms with Gasteiger partial charge in [0.2, 0.25) is 6.79 Å². The highest BCUT2D eigenvalue weighted by Gasteiger charge is 2.27. The van der Waals surface area contributed by atoms with Crippen molar-refractivity contribution in [1.29, 1.82) is 0 Å². The summed E-state index contributed by atoms with van der Waals surface area (Å²) in [4.78, 5) is 36.1. The van der Waals surface area contributed by atoms with Gasteiger partial charge in [0.15, 0.2) is 11.5 Å². The lowest BCUT2D eigenvalue weighted by atomic mass is 10.1. The summed E-state index contributed by atoms with van der Waals surface area (Å²) in [6.07, 6.45) is 2.75. The summed E-state index contributed by atoms with van der Waals surface area (Å²) in [5, 5.41) is 0.0687. The second-order valence-electron chi connectivity index (χ2n) is 5.69. The summed E-state index contributed by atoms with van der Waals surface area (Å²) < 4.78 is 25.1. The topological polar surface area (TPSA) is 123 Å². The number of hydrogen-bond acceptors (Lipinski definition) is 10. The summed E-state index contributed by atoms with van der Waals surface area (Å²) >= 11 is 0.858. The van der Waals surface area contributed by atoms with Gasteiger partial charge in [-0.2, -0.15) is 0 Å². The minimum absolute atomic E-state index is 0.0227. The fraction of sp³-hybridized carbons (Fsp3) is 0.211. The molecule has 0 bridgehead atoms. The van der Waals surface area contributed by atoms with E-state index in [1.165, 1.54) is 26.4 Å². The fourth-order valence-corrected chi connectivity index (χ4v) is 3.56. The maximum absolute atomic E-state index is 12.1. The van der Waals surface area contributed by atoms with E-state index in [1.807, 2.05) is 0 Å². The van der Waals surface area contributed by atoms with Crippen molar-refractivity contribution < 1.29 is 38.1 Å². The highest BCUT2D eigenvalue weighted by Crippen LogP contribution is 2.34. The second kappa shape index (κ2) is 8.65. The van der Waals surface area contributed by atoms with Crippen LogP contribution >= 0.6 is 11.3 Å². The van der Waals surface area contributed by atoms with Crippen LogP contribution in [0.2, 0.25) is 0 Å². The first-order valence-corrected chi connectivity index (χ1v) is 9.08. The lowest BCUT2D eigenvalue weighted by molar-refractivity contribution is -0.138. The zero-order valence-electron chi connectivity index (χ0n) is 15.6. The van der Waals surface area contributed by atoms with Crippen molar-refractivity contribution in [3.63, 3.8) is 0 Å². The number of fused-ring (bicyclic) bond motifs is 1. The SMILES string of the molecule is COC(=O)c1sc(N)c(C(=O)OC)c1COC(=O)C=Cc1ccc2c(c1)OCO2. The number of esters is 3. The average molecular weight is 419 g/mol. The van der Waals surface area contributed by atoms with Crippen LogP contribution in [-0.4, -0.2) is 38.9 Å². The number of rotatable bonds is 6. The van der Waals surface area contributed by atoms with E-state index >= 15 is 0 Å². The predicted molar refractivity (Wildman–Crippen MR) is 103 cm³/mol. The first-order chi connectivity index (χ1) is 13.9. The molecule has 29 heavy (non-hydrogen) atoms. The average Bonchev–Trinajstić information content (AvgIpc) is 3.32. The van der Waals surface area contributed by atoms with Gasteiger partial charge in [-0.05, 0) is 23.8 Å². The Kier molecular flexibility index (Phi) is 6.03. The zero-order chi connectivity index (χ0) is 21.0. The van der Waals surface area contributed by atoms with E-state index in [9.17, 15) is 14.4 Å². The molecule has 0 atom stereocenters. The lowest BCUT2D eigenvalue weighted by Gasteiger charge is -2.06. The molecule has 0 fully saturated rings. The molecule has 2 heterocycles. The first-order valence-electron chi connectivity index (χ1n) is 8.26. The second-order valence-corrected chi connectivity index (χ2v) is 6.74. The van der Waals surface area contributed by atoms with Gasteiger partial charge in [-0.1, -0.05) is 6.07 Å². The molecule has 9 nitrogen and oxygen atoms in total. The number of carbonyl (C=O) groups excluding carboxylic acids is 3. The third kappa shape index (κ3) is 4.32. The number of methoxy groups -OCH3 is 2. The van der Waals surface area contributed by atoms with Gasteiger partial charge in [-0.15, -0.1) is 11.3 Å². The third-order valence-electron chi connectivity index (χ3n) is 3.96. The van der Waals surface area contributed by atoms with E-state index in [1.54, 1.807) is 18.2 Å². The molecule has 0 unspecified atom stereocenters. The molecule has 1 aromatic carbocycles. The Morgan fingerprint density at radius 3 is 2.59 bits per heavy atom. The van der Waals surface area contributed by atoms with E-state index in [0.29, 0.717) is 17.1 Å². The molecule has 0 saturated heterocycles. The Balaban J connectivity index is 1.74. The number of ether oxygens (including phenoxy) is 5. The Morgan fingerprint density at radius 2 is 1.86 bits per heavy atom. The smallest absolute Gasteiger partial charge is 0.348 e. The van der Waals surface area contributed by atoms with E-state index in [0.717, 1.165) is 11.3 Å². The standard InChI is InChI=1S/C19H17NO8S/c1-24-18(22)15-11(16(19(23)25-2)29-17(15)20)8-26-14(21)6-4-10-3-5-12-13(7-10)28-9-27-12/h3-7H,8-9,20H2,1-2H3. The summed E-state index contributed by atoms with van der Waals surface area (Å²) in [7, 11) is 2.38. The minimum atomic E-state index is -0.740. The van der Waals surface area contributed by atoms with E-state index in [-0.39, 0.29) is 34.4 Å². The van der Waals surface area contributed by atoms with Gasteiger partial charge in [-0.3, -0.25) is 0 Å². The quantitative estimate of drug-likeness (QED) is 0.427. The van der Waals surface area contributed by atoms with Gasteiger partial charge in [0.25, 0.3) is 0 Å². The normalized spacial score (nSPS) is 12.1. The largest absolute Gasteiger partial charge is 0.465 e. The van der Waals surface area contributed by atoms with Gasteiger partial charge in [0.05, 0.1) is 14.2 Å². The third-order valence-corrected chi connectivity index (χ3v) is 5.00. The van der Waals surface area contributed by atoms with Crippen LogP contribution in [0.3, 0.4) is 0 Å². The minimum Gasteiger partial charge on any atom is -0.465 e. The van der Waals surface area contributed by atoms with Crippen molar-refractivity contribution in [2.75, 3.05) is 26.7 Å². The van der Waals surface area contributed by atoms with Crippen LogP contribution in [0, 0.1) is 0 Å². The monoisotopic (exact) mass is 419 g/mol. The molecule has 152 valence electrons. The summed E-state index contributed by atoms with van der Waals surface area (Å²) in [6.45, 7) is -0.202. The summed E-state index contributed by atoms with van der Waals surface area (Å²) in [5.74, 6) is -0.904. The van der Waals surface area contributed by atoms with Crippen LogP contribution in [0.5, 0.6) is 11.5 Å². The number of anilines is 1. The van der Waals surface area contributed by atoms with E-state index < -0.39 is 17.9 Å². The Morgan fingerprint density at radius 1 is 1.14 bits per heavy atom. The molecule has 0 saturated carbocycles. The van der Waals surface area contributed by atoms with Crippen molar-refractivity contribution in [1.82, 2.24) is 0 Å². The van der Waals surface area contributed by atoms with Crippen LogP contribution in [0.15, 0.2) is 24.3 Å². The molecular weight excluding hydrogens is 402 g/mol. The molecule has 2 aromatic rings. The van der Waals surface area contributed by atoms with Crippen LogP contribution in [0.1, 0.15) is 31.2 Å². The summed E-state index contributed by atoms with van der Waals surface area (Å²) in [5.41, 5.74) is 6.65. The maximum atomic E-state index is 12.1. The Bertz CT molecular complexity index is 994. The van der Waals surface area contributed by atoms with Crippen LogP contribution in [0.25, 0.3) is 6.08 Å². The molecule has 1 aliphatic heterocycles. The lowest BCUT2D eigenvalue weighted by Crippen LogP contribution is -2.11. The predicted octanol–water partition coefficient (Wildman–Crippen LogP) is 2.39. The molecular formula is C19H17NO8S. The van der Waals surface area contributed by atoms with Crippen LogP contribution in [0.4, 0.5) is 5.00 Å². The van der Waals surface area contributed by atoms with E-state index in [2.05, 4.69) is 0 Å². The highest BCUT2D eigenvalue weighted by molar-refractivity contribution is 7.18. The van der Waals surface area contributed by atoms with Crippen molar-refractivity contribution in [3.05, 3.63) is 45.8 Å². The molecule has 2 N–H and O–H groups in total. The van der Waals surface area contributed by atoms with Crippen molar-refractivity contribution in [2.45, 2.75) is 6.61 Å². The number of nitrogens with two attached hydrogens (primary N) is 1. The molecule has 0 amide bonds. The molecule has 3 rings (SSSR count). The number of carbonyl (C=O) groups is 3. The molecule has 0 aliphatic carbocycles. The Labute approximate surface area is 169 Å². The van der Waals surface area contributed by atoms with Crippen molar-refractivity contribution in [3.8, 4) is 11.5 Å². The number of benzene rings is 1.